The third-order valence-corrected chi connectivity index (χ3v) is 2.23. The second kappa shape index (κ2) is 4.83. The van der Waals surface area contributed by atoms with E-state index in [9.17, 15) is 0 Å². The average molecular weight is 160 g/mol. The summed E-state index contributed by atoms with van der Waals surface area (Å²) in [6.07, 6.45) is 15.7. The summed E-state index contributed by atoms with van der Waals surface area (Å²) in [5.41, 5.74) is 2.91. The van der Waals surface area contributed by atoms with E-state index < -0.39 is 0 Å². The fourth-order valence-electron chi connectivity index (χ4n) is 1.46. The molecule has 0 aromatic rings. The zero-order chi connectivity index (χ0) is 8.81. The van der Waals surface area contributed by atoms with Gasteiger partial charge in [0.2, 0.25) is 0 Å². The van der Waals surface area contributed by atoms with Gasteiger partial charge in [0.05, 0.1) is 0 Å². The van der Waals surface area contributed by atoms with Crippen molar-refractivity contribution in [3.05, 3.63) is 23.3 Å². The monoisotopic (exact) mass is 160 g/mol. The predicted molar refractivity (Wildman–Crippen MR) is 53.8 cm³/mol. The van der Waals surface area contributed by atoms with E-state index in [1.165, 1.54) is 24.8 Å². The molecule has 0 aliphatic heterocycles. The van der Waals surface area contributed by atoms with Crippen molar-refractivity contribution in [3.63, 3.8) is 0 Å². The van der Waals surface area contributed by atoms with E-state index in [-0.39, 0.29) is 0 Å². The lowest BCUT2D eigenvalue weighted by molar-refractivity contribution is 0.891. The Morgan fingerprint density at radius 1 is 1.75 bits per heavy atom. The molecular formula is C12H16. The molecule has 0 N–H and O–H groups in total. The van der Waals surface area contributed by atoms with E-state index in [2.05, 4.69) is 25.0 Å². The van der Waals surface area contributed by atoms with Gasteiger partial charge in [-0.05, 0) is 32.6 Å². The largest absolute Gasteiger partial charge is 0.120 e. The first-order valence-electron chi connectivity index (χ1n) is 4.60. The molecule has 64 valence electrons. The van der Waals surface area contributed by atoms with Gasteiger partial charge in [0, 0.05) is 6.42 Å². The van der Waals surface area contributed by atoms with Crippen LogP contribution in [0.15, 0.2) is 23.3 Å². The van der Waals surface area contributed by atoms with E-state index in [4.69, 9.17) is 6.42 Å². The van der Waals surface area contributed by atoms with Crippen LogP contribution in [-0.4, -0.2) is 0 Å². The SMILES string of the molecule is C#CCC(C)=CCC1=CCCC1. The molecule has 0 heteroatoms. The zero-order valence-electron chi connectivity index (χ0n) is 7.77. The molecule has 1 aliphatic rings. The Balaban J connectivity index is 2.32. The Hall–Kier alpha value is -0.960. The molecular weight excluding hydrogens is 144 g/mol. The van der Waals surface area contributed by atoms with Crippen LogP contribution in [0.5, 0.6) is 0 Å². The molecule has 0 saturated heterocycles. The lowest BCUT2D eigenvalue weighted by Crippen LogP contribution is -1.77. The van der Waals surface area contributed by atoms with Crippen molar-refractivity contribution >= 4 is 0 Å². The Morgan fingerprint density at radius 3 is 3.17 bits per heavy atom. The third-order valence-electron chi connectivity index (χ3n) is 2.23. The molecule has 0 heterocycles. The van der Waals surface area contributed by atoms with E-state index >= 15 is 0 Å². The van der Waals surface area contributed by atoms with Crippen LogP contribution in [0.1, 0.15) is 39.0 Å². The first-order valence-corrected chi connectivity index (χ1v) is 4.60. The van der Waals surface area contributed by atoms with Gasteiger partial charge in [-0.15, -0.1) is 12.3 Å². The molecule has 1 aliphatic carbocycles. The summed E-state index contributed by atoms with van der Waals surface area (Å²) in [5, 5.41) is 0. The van der Waals surface area contributed by atoms with Crippen LogP contribution in [0.3, 0.4) is 0 Å². The van der Waals surface area contributed by atoms with E-state index in [1.807, 2.05) is 0 Å². The lowest BCUT2D eigenvalue weighted by atomic mass is 10.1. The van der Waals surface area contributed by atoms with E-state index in [1.54, 1.807) is 5.57 Å². The van der Waals surface area contributed by atoms with E-state index in [0.29, 0.717) is 0 Å². The van der Waals surface area contributed by atoms with Crippen LogP contribution in [-0.2, 0) is 0 Å². The van der Waals surface area contributed by atoms with Gasteiger partial charge in [0.15, 0.2) is 0 Å². The summed E-state index contributed by atoms with van der Waals surface area (Å²) in [4.78, 5) is 0. The Labute approximate surface area is 75.4 Å². The summed E-state index contributed by atoms with van der Waals surface area (Å²) in [6, 6.07) is 0. The molecule has 0 bridgehead atoms. The van der Waals surface area contributed by atoms with Crippen molar-refractivity contribution in [2.24, 2.45) is 0 Å². The molecule has 0 fully saturated rings. The smallest absolute Gasteiger partial charge is 0.0293 e. The van der Waals surface area contributed by atoms with Gasteiger partial charge in [0.1, 0.15) is 0 Å². The lowest BCUT2D eigenvalue weighted by Gasteiger charge is -1.97. The quantitative estimate of drug-likeness (QED) is 0.438. The molecule has 1 rings (SSSR count). The first kappa shape index (κ1) is 9.13. The molecule has 12 heavy (non-hydrogen) atoms. The Morgan fingerprint density at radius 2 is 2.58 bits per heavy atom. The summed E-state index contributed by atoms with van der Waals surface area (Å²) in [6.45, 7) is 2.11. The number of hydrogen-bond donors (Lipinski definition) is 0. The number of rotatable bonds is 3. The molecule has 0 nitrogen and oxygen atoms in total. The third kappa shape index (κ3) is 2.96. The van der Waals surface area contributed by atoms with Crippen molar-refractivity contribution in [2.75, 3.05) is 0 Å². The molecule has 0 aromatic carbocycles. The first-order chi connectivity index (χ1) is 5.83. The topological polar surface area (TPSA) is 0 Å². The standard InChI is InChI=1S/C12H16/c1-3-6-11(2)9-10-12-7-4-5-8-12/h1,7,9H,4-6,8,10H2,2H3. The van der Waals surface area contributed by atoms with Gasteiger partial charge in [-0.25, -0.2) is 0 Å². The van der Waals surface area contributed by atoms with Crippen LogP contribution in [0.2, 0.25) is 0 Å². The van der Waals surface area contributed by atoms with Crippen LogP contribution < -0.4 is 0 Å². The van der Waals surface area contributed by atoms with Crippen LogP contribution in [0.4, 0.5) is 0 Å². The molecule has 0 atom stereocenters. The summed E-state index contributed by atoms with van der Waals surface area (Å²) >= 11 is 0. The fourth-order valence-corrected chi connectivity index (χ4v) is 1.46. The van der Waals surface area contributed by atoms with Gasteiger partial charge in [-0.1, -0.05) is 23.3 Å². The molecule has 0 unspecified atom stereocenters. The zero-order valence-corrected chi connectivity index (χ0v) is 7.77. The van der Waals surface area contributed by atoms with Gasteiger partial charge in [-0.2, -0.15) is 0 Å². The maximum Gasteiger partial charge on any atom is 0.0293 e. The highest BCUT2D eigenvalue weighted by molar-refractivity contribution is 5.16. The Kier molecular flexibility index (Phi) is 3.67. The molecule has 0 radical (unpaired) electrons. The van der Waals surface area contributed by atoms with Crippen LogP contribution in [0, 0.1) is 12.3 Å². The molecule has 0 amide bonds. The minimum absolute atomic E-state index is 0.799. The maximum atomic E-state index is 5.21. The number of allylic oxidation sites excluding steroid dienone is 4. The minimum Gasteiger partial charge on any atom is -0.120 e. The predicted octanol–water partition coefficient (Wildman–Crippen LogP) is 3.46. The van der Waals surface area contributed by atoms with Crippen molar-refractivity contribution in [2.45, 2.75) is 39.0 Å². The minimum atomic E-state index is 0.799. The summed E-state index contributed by atoms with van der Waals surface area (Å²) in [5.74, 6) is 2.66. The van der Waals surface area contributed by atoms with Crippen molar-refractivity contribution in [3.8, 4) is 12.3 Å². The highest BCUT2D eigenvalue weighted by atomic mass is 14.1. The average Bonchev–Trinajstić information content (AvgIpc) is 2.53. The molecule has 0 spiro atoms. The van der Waals surface area contributed by atoms with Gasteiger partial charge < -0.3 is 0 Å². The fraction of sp³-hybridized carbons (Fsp3) is 0.500. The molecule has 0 aromatic heterocycles. The van der Waals surface area contributed by atoms with Crippen molar-refractivity contribution in [1.82, 2.24) is 0 Å². The molecule has 0 saturated carbocycles. The summed E-state index contributed by atoms with van der Waals surface area (Å²) in [7, 11) is 0. The summed E-state index contributed by atoms with van der Waals surface area (Å²) < 4.78 is 0. The number of terminal acetylenes is 1. The second-order valence-corrected chi connectivity index (χ2v) is 3.39. The van der Waals surface area contributed by atoms with Gasteiger partial charge >= 0.3 is 0 Å². The van der Waals surface area contributed by atoms with Crippen LogP contribution in [0.25, 0.3) is 0 Å². The van der Waals surface area contributed by atoms with E-state index in [0.717, 1.165) is 12.8 Å². The van der Waals surface area contributed by atoms with Crippen LogP contribution >= 0.6 is 0 Å². The van der Waals surface area contributed by atoms with Gasteiger partial charge in [0.25, 0.3) is 0 Å². The second-order valence-electron chi connectivity index (χ2n) is 3.39. The highest BCUT2D eigenvalue weighted by Gasteiger charge is 2.01. The van der Waals surface area contributed by atoms with Crippen molar-refractivity contribution in [1.29, 1.82) is 0 Å². The van der Waals surface area contributed by atoms with Gasteiger partial charge in [-0.3, -0.25) is 0 Å². The Bertz CT molecular complexity index is 235. The van der Waals surface area contributed by atoms with Crippen molar-refractivity contribution < 1.29 is 0 Å². The highest BCUT2D eigenvalue weighted by Crippen LogP contribution is 2.21. The number of hydrogen-bond acceptors (Lipinski definition) is 0. The normalized spacial score (nSPS) is 17.3. The maximum absolute atomic E-state index is 5.21.